The van der Waals surface area contributed by atoms with Crippen molar-refractivity contribution in [2.45, 2.75) is 40.7 Å². The van der Waals surface area contributed by atoms with Crippen LogP contribution >= 0.6 is 0 Å². The summed E-state index contributed by atoms with van der Waals surface area (Å²) in [5.41, 5.74) is 2.52. The topological polar surface area (TPSA) is 86.3 Å². The molecular weight excluding hydrogens is 402 g/mol. The van der Waals surface area contributed by atoms with E-state index in [1.54, 1.807) is 11.0 Å². The minimum Gasteiger partial charge on any atom is -0.408 e. The van der Waals surface area contributed by atoms with Gasteiger partial charge in [0.05, 0.1) is 6.54 Å². The molecule has 0 aliphatic carbocycles. The highest BCUT2D eigenvalue weighted by Crippen LogP contribution is 2.20. The summed E-state index contributed by atoms with van der Waals surface area (Å²) in [6.07, 6.45) is 2.07. The first-order chi connectivity index (χ1) is 15.6. The number of nitriles is 1. The highest BCUT2D eigenvalue weighted by molar-refractivity contribution is 5.75. The maximum Gasteiger partial charge on any atom is 0.321 e. The van der Waals surface area contributed by atoms with E-state index < -0.39 is 0 Å². The third-order valence-electron chi connectivity index (χ3n) is 4.43. The Labute approximate surface area is 191 Å². The predicted octanol–water partition coefficient (Wildman–Crippen LogP) is 5.15. The second-order valence-electron chi connectivity index (χ2n) is 6.69. The van der Waals surface area contributed by atoms with Crippen LogP contribution in [0.5, 0.6) is 0 Å². The Balaban J connectivity index is 0.000000488. The first-order valence-electron chi connectivity index (χ1n) is 10.9. The average molecular weight is 436 g/mol. The van der Waals surface area contributed by atoms with Crippen LogP contribution in [-0.4, -0.2) is 41.6 Å². The van der Waals surface area contributed by atoms with E-state index in [-0.39, 0.29) is 5.89 Å². The monoisotopic (exact) mass is 435 g/mol. The molecule has 3 rings (SSSR count). The largest absolute Gasteiger partial charge is 0.408 e. The Kier molecular flexibility index (Phi) is 12.7. The van der Waals surface area contributed by atoms with Crippen LogP contribution in [0.15, 0.2) is 59.0 Å². The smallest absolute Gasteiger partial charge is 0.321 e. The molecule has 1 heterocycles. The molecule has 0 aliphatic rings. The summed E-state index contributed by atoms with van der Waals surface area (Å²) >= 11 is 0. The Morgan fingerprint density at radius 1 is 1.03 bits per heavy atom. The van der Waals surface area contributed by atoms with Gasteiger partial charge in [0.1, 0.15) is 0 Å². The van der Waals surface area contributed by atoms with Crippen LogP contribution in [0.3, 0.4) is 0 Å². The summed E-state index contributed by atoms with van der Waals surface area (Å²) in [5.74, 6) is 0.226. The van der Waals surface area contributed by atoms with Crippen molar-refractivity contribution in [1.29, 1.82) is 5.26 Å². The summed E-state index contributed by atoms with van der Waals surface area (Å²) in [6, 6.07) is 18.6. The molecule has 0 bridgehead atoms. The molecule has 1 amide bonds. The van der Waals surface area contributed by atoms with Crippen LogP contribution in [0, 0.1) is 11.3 Å². The lowest BCUT2D eigenvalue weighted by molar-refractivity contribution is -0.107. The first-order valence-corrected chi connectivity index (χ1v) is 10.9. The molecule has 0 atom stereocenters. The fourth-order valence-electron chi connectivity index (χ4n) is 2.68. The van der Waals surface area contributed by atoms with Gasteiger partial charge in [-0.3, -0.25) is 4.79 Å². The van der Waals surface area contributed by atoms with Crippen molar-refractivity contribution in [2.24, 2.45) is 0 Å². The van der Waals surface area contributed by atoms with Gasteiger partial charge in [-0.05, 0) is 56.4 Å². The third kappa shape index (κ3) is 8.70. The number of rotatable bonds is 8. The fourth-order valence-corrected chi connectivity index (χ4v) is 2.68. The molecule has 7 heteroatoms. The molecule has 0 spiro atoms. The van der Waals surface area contributed by atoms with Crippen LogP contribution < -0.4 is 4.90 Å². The summed E-state index contributed by atoms with van der Waals surface area (Å²) < 4.78 is 5.18. The van der Waals surface area contributed by atoms with Crippen LogP contribution in [0.4, 0.5) is 5.69 Å². The summed E-state index contributed by atoms with van der Waals surface area (Å²) in [5, 5.41) is 16.1. The molecule has 0 fully saturated rings. The maximum atomic E-state index is 11.3. The molecule has 3 aromatic rings. The number of nitrogens with zero attached hydrogens (tertiary/aromatic N) is 5. The molecule has 0 N–H and O–H groups in total. The average Bonchev–Trinajstić information content (AvgIpc) is 3.34. The van der Waals surface area contributed by atoms with Gasteiger partial charge in [-0.15, -0.1) is 5.10 Å². The van der Waals surface area contributed by atoms with Gasteiger partial charge in [-0.1, -0.05) is 63.1 Å². The second kappa shape index (κ2) is 15.3. The van der Waals surface area contributed by atoms with Crippen LogP contribution in [-0.2, 0) is 11.3 Å². The SMILES string of the molecule is CC.CCCN(C)CC.N#Cc1nnc(-c2ccc(CN(C=O)c3ccccc3)cc2)o1. The van der Waals surface area contributed by atoms with Crippen LogP contribution in [0.2, 0.25) is 0 Å². The fraction of sp³-hybridized carbons (Fsp3) is 0.360. The summed E-state index contributed by atoms with van der Waals surface area (Å²) in [6.45, 7) is 11.2. The number of hydrogen-bond acceptors (Lipinski definition) is 6. The van der Waals surface area contributed by atoms with E-state index in [0.717, 1.165) is 23.2 Å². The van der Waals surface area contributed by atoms with Crippen LogP contribution in [0.25, 0.3) is 11.5 Å². The van der Waals surface area contributed by atoms with Gasteiger partial charge in [0, 0.05) is 11.3 Å². The molecule has 0 radical (unpaired) electrons. The number of benzene rings is 2. The van der Waals surface area contributed by atoms with E-state index in [1.165, 1.54) is 19.5 Å². The molecule has 0 saturated heterocycles. The van der Waals surface area contributed by atoms with Crippen molar-refractivity contribution in [3.8, 4) is 17.5 Å². The first kappa shape index (κ1) is 26.5. The Morgan fingerprint density at radius 3 is 2.16 bits per heavy atom. The highest BCUT2D eigenvalue weighted by atomic mass is 16.4. The predicted molar refractivity (Wildman–Crippen MR) is 128 cm³/mol. The summed E-state index contributed by atoms with van der Waals surface area (Å²) in [4.78, 5) is 15.2. The normalized spacial score (nSPS) is 9.66. The number of anilines is 1. The Morgan fingerprint density at radius 2 is 1.69 bits per heavy atom. The van der Waals surface area contributed by atoms with E-state index >= 15 is 0 Å². The molecule has 1 aromatic heterocycles. The number of para-hydroxylation sites is 1. The molecule has 0 unspecified atom stereocenters. The number of hydrogen-bond donors (Lipinski definition) is 0. The second-order valence-corrected chi connectivity index (χ2v) is 6.69. The zero-order valence-electron chi connectivity index (χ0n) is 19.7. The Hall–Kier alpha value is -3.50. The van der Waals surface area contributed by atoms with Gasteiger partial charge in [0.2, 0.25) is 12.3 Å². The molecule has 0 saturated carbocycles. The van der Waals surface area contributed by atoms with Crippen molar-refractivity contribution >= 4 is 12.1 Å². The zero-order valence-corrected chi connectivity index (χ0v) is 19.7. The quantitative estimate of drug-likeness (QED) is 0.455. The van der Waals surface area contributed by atoms with Gasteiger partial charge in [0.15, 0.2) is 6.07 Å². The van der Waals surface area contributed by atoms with Gasteiger partial charge >= 0.3 is 5.89 Å². The molecule has 7 nitrogen and oxygen atoms in total. The maximum absolute atomic E-state index is 11.3. The van der Waals surface area contributed by atoms with E-state index in [9.17, 15) is 4.79 Å². The van der Waals surface area contributed by atoms with Crippen LogP contribution in [0.1, 0.15) is 45.6 Å². The van der Waals surface area contributed by atoms with Crippen molar-refractivity contribution in [2.75, 3.05) is 25.0 Å². The van der Waals surface area contributed by atoms with E-state index in [1.807, 2.05) is 68.4 Å². The number of carbonyl (C=O) groups excluding carboxylic acids is 1. The molecule has 170 valence electrons. The summed E-state index contributed by atoms with van der Waals surface area (Å²) in [7, 11) is 2.14. The molecule has 0 aliphatic heterocycles. The van der Waals surface area contributed by atoms with E-state index in [0.29, 0.717) is 12.4 Å². The lowest BCUT2D eigenvalue weighted by atomic mass is 10.1. The van der Waals surface area contributed by atoms with Crippen molar-refractivity contribution in [3.63, 3.8) is 0 Å². The van der Waals surface area contributed by atoms with Crippen molar-refractivity contribution in [1.82, 2.24) is 15.1 Å². The molecular formula is C25H33N5O2. The highest BCUT2D eigenvalue weighted by Gasteiger charge is 2.09. The number of carbonyl (C=O) groups is 1. The number of aromatic nitrogens is 2. The lowest BCUT2D eigenvalue weighted by Gasteiger charge is -2.17. The zero-order chi connectivity index (χ0) is 23.8. The molecule has 32 heavy (non-hydrogen) atoms. The van der Waals surface area contributed by atoms with Gasteiger partial charge in [-0.25, -0.2) is 0 Å². The minimum absolute atomic E-state index is 0.0692. The van der Waals surface area contributed by atoms with E-state index in [2.05, 4.69) is 36.0 Å². The third-order valence-corrected chi connectivity index (χ3v) is 4.43. The molecule has 2 aromatic carbocycles. The van der Waals surface area contributed by atoms with E-state index in [4.69, 9.17) is 9.68 Å². The standard InChI is InChI=1S/C17H12N4O2.C6H15N.C2H6/c18-10-16-19-20-17(23-16)14-8-6-13(7-9-14)11-21(12-22)15-4-2-1-3-5-15;1-4-6-7(3)5-2;1-2/h1-9,12H,11H2;4-6H2,1-3H3;1-2H3. The minimum atomic E-state index is -0.0692. The van der Waals surface area contributed by atoms with Crippen molar-refractivity contribution < 1.29 is 9.21 Å². The number of amides is 1. The van der Waals surface area contributed by atoms with Gasteiger partial charge < -0.3 is 14.2 Å². The van der Waals surface area contributed by atoms with Crippen molar-refractivity contribution in [3.05, 3.63) is 66.1 Å². The van der Waals surface area contributed by atoms with Gasteiger partial charge in [0.25, 0.3) is 0 Å². The van der Waals surface area contributed by atoms with Gasteiger partial charge in [-0.2, -0.15) is 5.26 Å². The lowest BCUT2D eigenvalue weighted by Crippen LogP contribution is -2.20. The Bertz CT molecular complexity index is 933.